The van der Waals surface area contributed by atoms with Crippen molar-refractivity contribution in [3.8, 4) is 94.1 Å². The van der Waals surface area contributed by atoms with Crippen LogP contribution in [0.25, 0.3) is 0 Å². The smallest absolute Gasteiger partial charge is 0.338 e. The fraction of sp³-hybridized carbons (Fsp3) is 0.167. The van der Waals surface area contributed by atoms with E-state index < -0.39 is 0 Å². The van der Waals surface area contributed by atoms with Crippen molar-refractivity contribution in [2.75, 3.05) is 80.5 Å². The van der Waals surface area contributed by atoms with Crippen LogP contribution in [0.15, 0.2) is 243 Å². The summed E-state index contributed by atoms with van der Waals surface area (Å²) in [6.07, 6.45) is 0. The highest BCUT2D eigenvalue weighted by molar-refractivity contribution is 5.85. The molecule has 26 heteroatoms. The van der Waals surface area contributed by atoms with Gasteiger partial charge in [-0.25, -0.2) is 0 Å². The Labute approximate surface area is 578 Å². The van der Waals surface area contributed by atoms with Gasteiger partial charge in [0, 0.05) is 0 Å². The fourth-order valence-electron chi connectivity index (χ4n) is 10.4. The van der Waals surface area contributed by atoms with Gasteiger partial charge in [0.2, 0.25) is 0 Å². The number of quaternary nitrogens is 4. The summed E-state index contributed by atoms with van der Waals surface area (Å²) in [6, 6.07) is 76.5. The van der Waals surface area contributed by atoms with Gasteiger partial charge in [-0.1, -0.05) is 146 Å². The molecular weight excluding hydrogens is 1290 g/mol. The van der Waals surface area contributed by atoms with E-state index in [2.05, 4.69) is 48.1 Å². The summed E-state index contributed by atoms with van der Waals surface area (Å²) in [4.78, 5) is 56.1. The van der Waals surface area contributed by atoms with E-state index in [1.807, 2.05) is 243 Å². The number of para-hydroxylation sites is 8. The van der Waals surface area contributed by atoms with Gasteiger partial charge in [0.25, 0.3) is 0 Å². The summed E-state index contributed by atoms with van der Waals surface area (Å²) in [5.74, 6) is 7.04. The highest BCUT2D eigenvalue weighted by Crippen LogP contribution is 2.36. The van der Waals surface area contributed by atoms with Gasteiger partial charge < -0.3 is 37.9 Å². The van der Waals surface area contributed by atoms with Crippen LogP contribution >= 0.6 is 24.8 Å². The van der Waals surface area contributed by atoms with Gasteiger partial charge in [-0.05, 0) is 97.1 Å². The molecule has 2 fully saturated rings. The lowest BCUT2D eigenvalue weighted by Gasteiger charge is -2.42. The van der Waals surface area contributed by atoms with Crippen LogP contribution in [-0.4, -0.2) is 140 Å². The first-order valence-corrected chi connectivity index (χ1v) is 31.1. The maximum Gasteiger partial charge on any atom is 0.338 e. The number of rotatable bonds is 20. The van der Waals surface area contributed by atoms with Crippen LogP contribution in [0.3, 0.4) is 0 Å². The molecule has 24 nitrogen and oxygen atoms in total. The van der Waals surface area contributed by atoms with Gasteiger partial charge in [-0.3, -0.25) is 17.9 Å². The molecule has 14 rings (SSSR count). The average Bonchev–Trinajstić information content (AvgIpc) is 0.771. The Hall–Kier alpha value is -11.4. The van der Waals surface area contributed by atoms with Crippen LogP contribution in [0.4, 0.5) is 23.8 Å². The van der Waals surface area contributed by atoms with Gasteiger partial charge in [0.05, 0.1) is 28.2 Å². The van der Waals surface area contributed by atoms with Crippen LogP contribution in [-0.2, 0) is 0 Å². The number of hydrogen-bond acceptors (Lipinski definition) is 20. The van der Waals surface area contributed by atoms with Crippen LogP contribution in [0, 0.1) is 0 Å². The van der Waals surface area contributed by atoms with Crippen molar-refractivity contribution < 1.29 is 37.9 Å². The van der Waals surface area contributed by atoms with Crippen LogP contribution in [0.5, 0.6) is 94.1 Å². The third-order valence-corrected chi connectivity index (χ3v) is 16.2. The molecule has 0 aliphatic carbocycles. The second kappa shape index (κ2) is 31.0. The maximum absolute atomic E-state index is 6.06. The standard InChI is InChI=1S/2C36H34N8O4.2ClH/c2*1-43(31-37-33(45-27-15-7-3-8-16-27)41-34(38-31)46-28-17-9-4-10-18-28)23-25-44(2,26-24-43)32-39-35(47-29-19-11-5-12-20-29)42-36(40-32)48-30-21-13-6-14-22-30;;/h2*3-22H,23-26H2,1-2H3;2*1H/q2*+2;;. The molecule has 0 amide bonds. The second-order valence-corrected chi connectivity index (χ2v) is 23.5. The molecule has 0 radical (unpaired) electrons. The monoisotopic (exact) mass is 1360 g/mol. The molecule has 0 unspecified atom stereocenters. The number of likely N-dealkylation sites (N-methyl/N-ethyl adjacent to an activating group) is 4. The Bertz CT molecular complexity index is 3700. The number of benzene rings is 8. The van der Waals surface area contributed by atoms with Crippen molar-refractivity contribution >= 4 is 48.6 Å². The van der Waals surface area contributed by atoms with E-state index in [0.29, 0.717) is 140 Å². The van der Waals surface area contributed by atoms with E-state index in [0.717, 1.165) is 0 Å². The zero-order chi connectivity index (χ0) is 65.6. The van der Waals surface area contributed by atoms with Gasteiger partial charge in [-0.15, -0.1) is 84.6 Å². The van der Waals surface area contributed by atoms with Crippen molar-refractivity contribution in [3.05, 3.63) is 243 Å². The molecule has 2 aliphatic rings. The zero-order valence-electron chi connectivity index (χ0n) is 54.0. The summed E-state index contributed by atoms with van der Waals surface area (Å²) in [5, 5.41) is 0. The molecule has 0 saturated carbocycles. The molecule has 8 aromatic carbocycles. The molecule has 4 aromatic heterocycles. The number of nitrogens with zero attached hydrogens (tertiary/aromatic N) is 16. The molecular formula is C72H70Cl2N16O8+4. The van der Waals surface area contributed by atoms with E-state index in [9.17, 15) is 0 Å². The summed E-state index contributed by atoms with van der Waals surface area (Å²) in [6.45, 7) is 5.27. The predicted molar refractivity (Wildman–Crippen MR) is 376 cm³/mol. The zero-order valence-corrected chi connectivity index (χ0v) is 55.6. The Morgan fingerprint density at radius 2 is 0.296 bits per heavy atom. The SMILES string of the molecule is C[N+]1(c2nc(Oc3ccccc3)nc(Oc3ccccc3)n2)CC[N+](C)(c2nc(Oc3ccccc3)nc(Oc3ccccc3)n2)CC1.C[N+]1(c2nc(Oc3ccccc3)nc(Oc3ccccc3)n2)CC[N+](C)(c2nc(Oc3ccccc3)nc(Oc3ccccc3)n2)CC1.Cl.Cl. The topological polar surface area (TPSA) is 229 Å². The Kier molecular flexibility index (Phi) is 21.5. The largest absolute Gasteiger partial charge is 0.424 e. The normalized spacial score (nSPS) is 18.5. The average molecular weight is 1360 g/mol. The van der Waals surface area contributed by atoms with E-state index >= 15 is 0 Å². The second-order valence-electron chi connectivity index (χ2n) is 23.5. The van der Waals surface area contributed by atoms with Gasteiger partial charge in [0.15, 0.2) is 0 Å². The summed E-state index contributed by atoms with van der Waals surface area (Å²) in [5.41, 5.74) is 0. The molecule has 12 aromatic rings. The third kappa shape index (κ3) is 17.4. The molecule has 2 aliphatic heterocycles. The van der Waals surface area contributed by atoms with Crippen molar-refractivity contribution in [1.29, 1.82) is 0 Å². The molecule has 0 atom stereocenters. The first-order chi connectivity index (χ1) is 46.8. The molecule has 0 N–H and O–H groups in total. The summed E-state index contributed by atoms with van der Waals surface area (Å²) in [7, 11) is 8.38. The molecule has 6 heterocycles. The number of aromatic nitrogens is 12. The van der Waals surface area contributed by atoms with Crippen molar-refractivity contribution in [1.82, 2.24) is 77.7 Å². The number of halogens is 2. The maximum atomic E-state index is 6.06. The van der Waals surface area contributed by atoms with Crippen molar-refractivity contribution in [3.63, 3.8) is 0 Å². The fourth-order valence-corrected chi connectivity index (χ4v) is 10.4. The van der Waals surface area contributed by atoms with E-state index in [1.54, 1.807) is 0 Å². The molecule has 98 heavy (non-hydrogen) atoms. The molecule has 496 valence electrons. The van der Waals surface area contributed by atoms with E-state index in [-0.39, 0.29) is 72.9 Å². The minimum atomic E-state index is 0. The number of ether oxygens (including phenoxy) is 8. The summed E-state index contributed by atoms with van der Waals surface area (Å²) >= 11 is 0. The highest BCUT2D eigenvalue weighted by Gasteiger charge is 2.46. The molecule has 2 saturated heterocycles. The molecule has 0 spiro atoms. The number of hydrogen-bond donors (Lipinski definition) is 0. The Balaban J connectivity index is 0.000000194. The lowest BCUT2D eigenvalue weighted by Crippen LogP contribution is -2.66. The van der Waals surface area contributed by atoms with Gasteiger partial charge in [0.1, 0.15) is 98.4 Å². The quantitative estimate of drug-likeness (QED) is 0.0646. The first kappa shape index (κ1) is 68.0. The van der Waals surface area contributed by atoms with Crippen molar-refractivity contribution in [2.45, 2.75) is 0 Å². The lowest BCUT2D eigenvalue weighted by molar-refractivity contribution is 0.166. The predicted octanol–water partition coefficient (Wildman–Crippen LogP) is 14.5. The van der Waals surface area contributed by atoms with Crippen LogP contribution in [0.1, 0.15) is 0 Å². The van der Waals surface area contributed by atoms with E-state index in [1.165, 1.54) is 0 Å². The van der Waals surface area contributed by atoms with E-state index in [4.69, 9.17) is 77.8 Å². The van der Waals surface area contributed by atoms with Gasteiger partial charge >= 0.3 is 71.9 Å². The van der Waals surface area contributed by atoms with Crippen molar-refractivity contribution in [2.24, 2.45) is 0 Å². The summed E-state index contributed by atoms with van der Waals surface area (Å²) < 4.78 is 50.1. The lowest BCUT2D eigenvalue weighted by atomic mass is 10.2. The van der Waals surface area contributed by atoms with Crippen LogP contribution < -0.4 is 55.8 Å². The Morgan fingerprint density at radius 1 is 0.184 bits per heavy atom. The highest BCUT2D eigenvalue weighted by atomic mass is 35.5. The molecule has 0 bridgehead atoms. The Morgan fingerprint density at radius 3 is 0.408 bits per heavy atom. The first-order valence-electron chi connectivity index (χ1n) is 31.1. The third-order valence-electron chi connectivity index (χ3n) is 16.2. The van der Waals surface area contributed by atoms with Crippen LogP contribution in [0.2, 0.25) is 0 Å². The minimum absolute atomic E-state index is 0. The van der Waals surface area contributed by atoms with Gasteiger partial charge in [-0.2, -0.15) is 0 Å². The number of piperazine rings is 2. The minimum Gasteiger partial charge on any atom is -0.424 e.